The minimum Gasteiger partial charge on any atom is -0.370 e. The van der Waals surface area contributed by atoms with Gasteiger partial charge in [0.25, 0.3) is 5.89 Å². The van der Waals surface area contributed by atoms with E-state index in [0.29, 0.717) is 23.9 Å². The Morgan fingerprint density at radius 1 is 1.42 bits per heavy atom. The van der Waals surface area contributed by atoms with Crippen LogP contribution in [-0.4, -0.2) is 16.7 Å². The Morgan fingerprint density at radius 3 is 2.95 bits per heavy atom. The quantitative estimate of drug-likeness (QED) is 0.823. The van der Waals surface area contributed by atoms with E-state index in [1.54, 1.807) is 18.2 Å². The molecule has 0 aliphatic carbocycles. The van der Waals surface area contributed by atoms with Crippen LogP contribution in [0.15, 0.2) is 28.8 Å². The van der Waals surface area contributed by atoms with Gasteiger partial charge in [0.15, 0.2) is 0 Å². The Kier molecular flexibility index (Phi) is 4.26. The summed E-state index contributed by atoms with van der Waals surface area (Å²) >= 11 is 0. The highest BCUT2D eigenvalue weighted by atomic mass is 16.5. The summed E-state index contributed by atoms with van der Waals surface area (Å²) in [5.74, 6) is 0.951. The maximum atomic E-state index is 8.87. The van der Waals surface area contributed by atoms with Gasteiger partial charge in [-0.2, -0.15) is 10.2 Å². The second-order valence-corrected chi connectivity index (χ2v) is 4.00. The van der Waals surface area contributed by atoms with Crippen molar-refractivity contribution in [2.45, 2.75) is 26.4 Å². The number of nitrogens with zero attached hydrogens (tertiary/aromatic N) is 3. The molecule has 1 unspecified atom stereocenters. The largest absolute Gasteiger partial charge is 0.370 e. The predicted molar refractivity (Wildman–Crippen MR) is 69.1 cm³/mol. The highest BCUT2D eigenvalue weighted by Gasteiger charge is 2.17. The zero-order valence-electron chi connectivity index (χ0n) is 11.0. The van der Waals surface area contributed by atoms with Crippen LogP contribution < -0.4 is 0 Å². The Morgan fingerprint density at radius 2 is 2.26 bits per heavy atom. The molecule has 0 bridgehead atoms. The third-order valence-electron chi connectivity index (χ3n) is 2.71. The van der Waals surface area contributed by atoms with Crippen molar-refractivity contribution in [3.8, 4) is 17.5 Å². The zero-order valence-corrected chi connectivity index (χ0v) is 11.0. The van der Waals surface area contributed by atoms with Crippen molar-refractivity contribution in [2.24, 2.45) is 0 Å². The Bertz CT molecular complexity index is 586. The number of nitriles is 1. The van der Waals surface area contributed by atoms with E-state index in [1.807, 2.05) is 19.9 Å². The lowest BCUT2D eigenvalue weighted by molar-refractivity contribution is 0.0518. The normalized spacial score (nSPS) is 12.1. The highest BCUT2D eigenvalue weighted by molar-refractivity contribution is 5.55. The Labute approximate surface area is 111 Å². The van der Waals surface area contributed by atoms with Crippen LogP contribution in [0.3, 0.4) is 0 Å². The molecule has 2 rings (SSSR count). The van der Waals surface area contributed by atoms with Gasteiger partial charge < -0.3 is 9.26 Å². The molecule has 2 aromatic rings. The molecule has 1 atom stereocenters. The van der Waals surface area contributed by atoms with Gasteiger partial charge in [-0.25, -0.2) is 0 Å². The monoisotopic (exact) mass is 257 g/mol. The lowest BCUT2D eigenvalue weighted by Crippen LogP contribution is -2.04. The SMILES string of the molecule is CCOC(CC)c1noc(-c2cccc(C#N)c2)n1. The first kappa shape index (κ1) is 13.2. The zero-order chi connectivity index (χ0) is 13.7. The molecule has 0 N–H and O–H groups in total. The molecule has 98 valence electrons. The fourth-order valence-corrected chi connectivity index (χ4v) is 1.78. The summed E-state index contributed by atoms with van der Waals surface area (Å²) in [5, 5.41) is 12.8. The van der Waals surface area contributed by atoms with Gasteiger partial charge in [-0.05, 0) is 31.5 Å². The fraction of sp³-hybridized carbons (Fsp3) is 0.357. The molecular formula is C14H15N3O2. The summed E-state index contributed by atoms with van der Waals surface area (Å²) < 4.78 is 10.8. The molecule has 0 radical (unpaired) electrons. The summed E-state index contributed by atoms with van der Waals surface area (Å²) in [6.07, 6.45) is 0.632. The van der Waals surface area contributed by atoms with Crippen LogP contribution in [0.25, 0.3) is 11.5 Å². The molecule has 5 heteroatoms. The van der Waals surface area contributed by atoms with E-state index < -0.39 is 0 Å². The van der Waals surface area contributed by atoms with Crippen LogP contribution in [0.2, 0.25) is 0 Å². The second kappa shape index (κ2) is 6.12. The number of hydrogen-bond donors (Lipinski definition) is 0. The minimum absolute atomic E-state index is 0.151. The predicted octanol–water partition coefficient (Wildman–Crippen LogP) is 3.10. The average Bonchev–Trinajstić information content (AvgIpc) is 2.94. The third kappa shape index (κ3) is 2.98. The van der Waals surface area contributed by atoms with Gasteiger partial charge in [0, 0.05) is 12.2 Å². The van der Waals surface area contributed by atoms with Crippen molar-refractivity contribution in [1.82, 2.24) is 10.1 Å². The van der Waals surface area contributed by atoms with Gasteiger partial charge in [0.1, 0.15) is 6.10 Å². The topological polar surface area (TPSA) is 71.9 Å². The average molecular weight is 257 g/mol. The van der Waals surface area contributed by atoms with Gasteiger partial charge in [-0.1, -0.05) is 18.1 Å². The van der Waals surface area contributed by atoms with Gasteiger partial charge in [-0.3, -0.25) is 0 Å². The van der Waals surface area contributed by atoms with Crippen molar-refractivity contribution in [2.75, 3.05) is 6.61 Å². The molecule has 5 nitrogen and oxygen atoms in total. The van der Waals surface area contributed by atoms with Crippen LogP contribution in [0, 0.1) is 11.3 Å². The van der Waals surface area contributed by atoms with Gasteiger partial charge in [0.05, 0.1) is 11.6 Å². The maximum Gasteiger partial charge on any atom is 0.258 e. The first-order valence-corrected chi connectivity index (χ1v) is 6.24. The molecule has 0 fully saturated rings. The van der Waals surface area contributed by atoms with E-state index in [4.69, 9.17) is 14.5 Å². The second-order valence-electron chi connectivity index (χ2n) is 4.00. The standard InChI is InChI=1S/C14H15N3O2/c1-3-12(18-4-2)13-16-14(19-17-13)11-7-5-6-10(8-11)9-15/h5-8,12H,3-4H2,1-2H3. The number of benzene rings is 1. The maximum absolute atomic E-state index is 8.87. The van der Waals surface area contributed by atoms with E-state index in [9.17, 15) is 0 Å². The molecule has 0 amide bonds. The summed E-state index contributed by atoms with van der Waals surface area (Å²) in [6, 6.07) is 9.16. The van der Waals surface area contributed by atoms with Crippen molar-refractivity contribution in [3.05, 3.63) is 35.7 Å². The van der Waals surface area contributed by atoms with Crippen LogP contribution in [0.4, 0.5) is 0 Å². The molecule has 0 spiro atoms. The number of ether oxygens (including phenoxy) is 1. The number of rotatable bonds is 5. The third-order valence-corrected chi connectivity index (χ3v) is 2.71. The van der Waals surface area contributed by atoms with Crippen molar-refractivity contribution >= 4 is 0 Å². The molecule has 1 heterocycles. The first-order valence-electron chi connectivity index (χ1n) is 6.24. The summed E-state index contributed by atoms with van der Waals surface area (Å²) in [4.78, 5) is 4.33. The first-order chi connectivity index (χ1) is 9.28. The molecular weight excluding hydrogens is 242 g/mol. The molecule has 0 aliphatic heterocycles. The van der Waals surface area contributed by atoms with E-state index in [1.165, 1.54) is 0 Å². The fourth-order valence-electron chi connectivity index (χ4n) is 1.78. The molecule has 0 saturated carbocycles. The smallest absolute Gasteiger partial charge is 0.258 e. The Balaban J connectivity index is 2.27. The van der Waals surface area contributed by atoms with Gasteiger partial charge >= 0.3 is 0 Å². The summed E-state index contributed by atoms with van der Waals surface area (Å²) in [7, 11) is 0. The van der Waals surface area contributed by atoms with Crippen LogP contribution >= 0.6 is 0 Å². The van der Waals surface area contributed by atoms with Crippen LogP contribution in [-0.2, 0) is 4.74 Å². The lowest BCUT2D eigenvalue weighted by Gasteiger charge is -2.09. The lowest BCUT2D eigenvalue weighted by atomic mass is 10.1. The molecule has 0 aliphatic rings. The van der Waals surface area contributed by atoms with E-state index in [0.717, 1.165) is 12.0 Å². The van der Waals surface area contributed by atoms with Crippen LogP contribution in [0.1, 0.15) is 37.8 Å². The summed E-state index contributed by atoms with van der Waals surface area (Å²) in [6.45, 7) is 4.54. The Hall–Kier alpha value is -2.19. The van der Waals surface area contributed by atoms with Crippen molar-refractivity contribution in [3.63, 3.8) is 0 Å². The molecule has 19 heavy (non-hydrogen) atoms. The van der Waals surface area contributed by atoms with Crippen molar-refractivity contribution in [1.29, 1.82) is 5.26 Å². The number of aromatic nitrogens is 2. The highest BCUT2D eigenvalue weighted by Crippen LogP contribution is 2.23. The molecule has 1 aromatic carbocycles. The summed E-state index contributed by atoms with van der Waals surface area (Å²) in [5.41, 5.74) is 1.30. The minimum atomic E-state index is -0.151. The van der Waals surface area contributed by atoms with E-state index in [2.05, 4.69) is 16.2 Å². The van der Waals surface area contributed by atoms with Gasteiger partial charge in [0.2, 0.25) is 5.82 Å². The van der Waals surface area contributed by atoms with Crippen LogP contribution in [0.5, 0.6) is 0 Å². The molecule has 0 saturated heterocycles. The van der Waals surface area contributed by atoms with E-state index >= 15 is 0 Å². The molecule has 1 aromatic heterocycles. The van der Waals surface area contributed by atoms with Gasteiger partial charge in [-0.15, -0.1) is 0 Å². The van der Waals surface area contributed by atoms with E-state index in [-0.39, 0.29) is 6.10 Å². The number of hydrogen-bond acceptors (Lipinski definition) is 5. The van der Waals surface area contributed by atoms with Crippen molar-refractivity contribution < 1.29 is 9.26 Å².